The maximum absolute atomic E-state index is 5.96. The standard InChI is InChI=1S/C16H18N2OS/c1-10-4-5-11(2)15(12(10)3)19-9-13-6-7-18-14(8-13)16(17)20/h4-8H,9H2,1-3H3,(H2,17,20). The first-order chi connectivity index (χ1) is 9.49. The fraction of sp³-hybridized carbons (Fsp3) is 0.250. The van der Waals surface area contributed by atoms with E-state index >= 15 is 0 Å². The van der Waals surface area contributed by atoms with Gasteiger partial charge in [0, 0.05) is 6.20 Å². The van der Waals surface area contributed by atoms with Crippen LogP contribution in [0.25, 0.3) is 0 Å². The monoisotopic (exact) mass is 286 g/mol. The molecule has 0 aliphatic rings. The van der Waals surface area contributed by atoms with E-state index in [1.54, 1.807) is 6.20 Å². The Bertz CT molecular complexity index is 653. The molecule has 20 heavy (non-hydrogen) atoms. The molecule has 0 fully saturated rings. The highest BCUT2D eigenvalue weighted by Crippen LogP contribution is 2.26. The Morgan fingerprint density at radius 1 is 1.20 bits per heavy atom. The van der Waals surface area contributed by atoms with E-state index < -0.39 is 0 Å². The molecule has 0 saturated carbocycles. The van der Waals surface area contributed by atoms with E-state index in [1.165, 1.54) is 11.1 Å². The lowest BCUT2D eigenvalue weighted by atomic mass is 10.1. The molecule has 0 radical (unpaired) electrons. The zero-order chi connectivity index (χ0) is 14.7. The predicted molar refractivity (Wildman–Crippen MR) is 85.1 cm³/mol. The van der Waals surface area contributed by atoms with E-state index in [9.17, 15) is 0 Å². The van der Waals surface area contributed by atoms with Crippen LogP contribution in [0.4, 0.5) is 0 Å². The van der Waals surface area contributed by atoms with Crippen LogP contribution in [0.15, 0.2) is 30.5 Å². The van der Waals surface area contributed by atoms with Crippen LogP contribution in [0, 0.1) is 20.8 Å². The fourth-order valence-electron chi connectivity index (χ4n) is 2.00. The number of ether oxygens (including phenoxy) is 1. The molecule has 0 unspecified atom stereocenters. The summed E-state index contributed by atoms with van der Waals surface area (Å²) >= 11 is 4.93. The molecule has 1 aromatic carbocycles. The van der Waals surface area contributed by atoms with Crippen LogP contribution in [0.1, 0.15) is 27.9 Å². The molecule has 0 saturated heterocycles. The summed E-state index contributed by atoms with van der Waals surface area (Å²) in [5.74, 6) is 0.943. The third kappa shape index (κ3) is 3.14. The number of hydrogen-bond donors (Lipinski definition) is 1. The van der Waals surface area contributed by atoms with Gasteiger partial charge in [0.15, 0.2) is 0 Å². The summed E-state index contributed by atoms with van der Waals surface area (Å²) in [4.78, 5) is 4.42. The number of aromatic nitrogens is 1. The van der Waals surface area contributed by atoms with E-state index in [1.807, 2.05) is 12.1 Å². The second-order valence-corrected chi connectivity index (χ2v) is 5.30. The summed E-state index contributed by atoms with van der Waals surface area (Å²) in [6, 6.07) is 7.95. The van der Waals surface area contributed by atoms with Gasteiger partial charge in [-0.05, 0) is 55.2 Å². The number of nitrogens with two attached hydrogens (primary N) is 1. The van der Waals surface area contributed by atoms with Crippen molar-refractivity contribution in [1.82, 2.24) is 4.98 Å². The van der Waals surface area contributed by atoms with E-state index in [0.717, 1.165) is 16.9 Å². The Hall–Kier alpha value is -1.94. The molecule has 4 heteroatoms. The lowest BCUT2D eigenvalue weighted by Crippen LogP contribution is -2.12. The van der Waals surface area contributed by atoms with Gasteiger partial charge in [0.1, 0.15) is 17.3 Å². The van der Waals surface area contributed by atoms with Gasteiger partial charge in [-0.1, -0.05) is 24.4 Å². The van der Waals surface area contributed by atoms with Gasteiger partial charge < -0.3 is 10.5 Å². The summed E-state index contributed by atoms with van der Waals surface area (Å²) in [6.07, 6.45) is 1.70. The number of rotatable bonds is 4. The fourth-order valence-corrected chi connectivity index (χ4v) is 2.11. The van der Waals surface area contributed by atoms with Crippen molar-refractivity contribution < 1.29 is 4.74 Å². The van der Waals surface area contributed by atoms with Crippen LogP contribution < -0.4 is 10.5 Å². The van der Waals surface area contributed by atoms with E-state index in [0.29, 0.717) is 17.3 Å². The van der Waals surface area contributed by atoms with Crippen LogP contribution >= 0.6 is 12.2 Å². The number of thiocarbonyl (C=S) groups is 1. The molecular weight excluding hydrogens is 268 g/mol. The van der Waals surface area contributed by atoms with Crippen molar-refractivity contribution in [2.24, 2.45) is 5.73 Å². The molecule has 0 atom stereocenters. The van der Waals surface area contributed by atoms with Crippen molar-refractivity contribution in [2.75, 3.05) is 0 Å². The van der Waals surface area contributed by atoms with E-state index in [2.05, 4.69) is 37.9 Å². The van der Waals surface area contributed by atoms with Gasteiger partial charge in [0.25, 0.3) is 0 Å². The first kappa shape index (κ1) is 14.5. The Labute approximate surface area is 124 Å². The largest absolute Gasteiger partial charge is 0.488 e. The third-order valence-electron chi connectivity index (χ3n) is 3.33. The lowest BCUT2D eigenvalue weighted by Gasteiger charge is -2.14. The van der Waals surface area contributed by atoms with Gasteiger partial charge in [0.2, 0.25) is 0 Å². The van der Waals surface area contributed by atoms with Crippen LogP contribution in [-0.2, 0) is 6.61 Å². The average molecular weight is 286 g/mol. The predicted octanol–water partition coefficient (Wildman–Crippen LogP) is 3.22. The highest BCUT2D eigenvalue weighted by atomic mass is 32.1. The molecule has 0 amide bonds. The summed E-state index contributed by atoms with van der Waals surface area (Å²) in [6.45, 7) is 6.68. The van der Waals surface area contributed by atoms with Crippen molar-refractivity contribution in [3.8, 4) is 5.75 Å². The molecule has 0 aliphatic carbocycles. The summed E-state index contributed by atoms with van der Waals surface area (Å²) in [5.41, 5.74) is 10.7. The van der Waals surface area contributed by atoms with Gasteiger partial charge >= 0.3 is 0 Å². The topological polar surface area (TPSA) is 48.1 Å². The van der Waals surface area contributed by atoms with Crippen molar-refractivity contribution in [3.05, 3.63) is 58.4 Å². The summed E-state index contributed by atoms with van der Waals surface area (Å²) in [7, 11) is 0. The molecule has 1 aromatic heterocycles. The molecule has 2 N–H and O–H groups in total. The molecule has 0 bridgehead atoms. The second-order valence-electron chi connectivity index (χ2n) is 4.86. The van der Waals surface area contributed by atoms with Crippen molar-refractivity contribution in [3.63, 3.8) is 0 Å². The molecule has 1 heterocycles. The minimum absolute atomic E-state index is 0.301. The highest BCUT2D eigenvalue weighted by molar-refractivity contribution is 7.80. The van der Waals surface area contributed by atoms with Crippen LogP contribution in [0.3, 0.4) is 0 Å². The quantitative estimate of drug-likeness (QED) is 0.877. The first-order valence-corrected chi connectivity index (χ1v) is 6.84. The molecule has 0 aliphatic heterocycles. The molecule has 3 nitrogen and oxygen atoms in total. The zero-order valence-corrected chi connectivity index (χ0v) is 12.8. The normalized spacial score (nSPS) is 10.3. The molecule has 2 aromatic rings. The second kappa shape index (κ2) is 6.01. The molecular formula is C16H18N2OS. The van der Waals surface area contributed by atoms with Gasteiger partial charge in [-0.3, -0.25) is 4.98 Å². The summed E-state index contributed by atoms with van der Waals surface area (Å²) < 4.78 is 5.96. The number of aryl methyl sites for hydroxylation is 2. The van der Waals surface area contributed by atoms with Gasteiger partial charge in [-0.2, -0.15) is 0 Å². The number of pyridine rings is 1. The van der Waals surface area contributed by atoms with Gasteiger partial charge in [-0.15, -0.1) is 0 Å². The van der Waals surface area contributed by atoms with Crippen molar-refractivity contribution >= 4 is 17.2 Å². The average Bonchev–Trinajstić information content (AvgIpc) is 2.43. The molecule has 104 valence electrons. The maximum atomic E-state index is 5.96. The highest BCUT2D eigenvalue weighted by Gasteiger charge is 2.07. The SMILES string of the molecule is Cc1ccc(C)c(OCc2ccnc(C(N)=S)c2)c1C. The van der Waals surface area contributed by atoms with Crippen molar-refractivity contribution in [1.29, 1.82) is 0 Å². The van der Waals surface area contributed by atoms with E-state index in [-0.39, 0.29) is 0 Å². The number of hydrogen-bond acceptors (Lipinski definition) is 3. The Balaban J connectivity index is 2.19. The smallest absolute Gasteiger partial charge is 0.125 e. The minimum Gasteiger partial charge on any atom is -0.488 e. The maximum Gasteiger partial charge on any atom is 0.125 e. The first-order valence-electron chi connectivity index (χ1n) is 6.43. The number of nitrogens with zero attached hydrogens (tertiary/aromatic N) is 1. The van der Waals surface area contributed by atoms with Crippen LogP contribution in [0.5, 0.6) is 5.75 Å². The Morgan fingerprint density at radius 3 is 2.60 bits per heavy atom. The van der Waals surface area contributed by atoms with Crippen molar-refractivity contribution in [2.45, 2.75) is 27.4 Å². The van der Waals surface area contributed by atoms with Gasteiger partial charge in [-0.25, -0.2) is 0 Å². The Morgan fingerprint density at radius 2 is 1.90 bits per heavy atom. The van der Waals surface area contributed by atoms with Gasteiger partial charge in [0.05, 0.1) is 5.69 Å². The van der Waals surface area contributed by atoms with Crippen LogP contribution in [0.2, 0.25) is 0 Å². The molecule has 2 rings (SSSR count). The molecule has 0 spiro atoms. The third-order valence-corrected chi connectivity index (χ3v) is 3.54. The van der Waals surface area contributed by atoms with E-state index in [4.69, 9.17) is 22.7 Å². The minimum atomic E-state index is 0.301. The number of benzene rings is 1. The Kier molecular flexibility index (Phi) is 4.35. The lowest BCUT2D eigenvalue weighted by molar-refractivity contribution is 0.301. The van der Waals surface area contributed by atoms with Crippen LogP contribution in [-0.4, -0.2) is 9.97 Å². The summed E-state index contributed by atoms with van der Waals surface area (Å²) in [5, 5.41) is 0. The zero-order valence-electron chi connectivity index (χ0n) is 11.9.